The van der Waals surface area contributed by atoms with Crippen LogP contribution < -0.4 is 0 Å². The molecule has 1 nitrogen and oxygen atoms in total. The van der Waals surface area contributed by atoms with E-state index in [1.807, 2.05) is 25.1 Å². The van der Waals surface area contributed by atoms with Crippen LogP contribution >= 0.6 is 0 Å². The minimum absolute atomic E-state index is 0.991. The lowest BCUT2D eigenvalue weighted by molar-refractivity contribution is 0.553. The first-order valence-corrected chi connectivity index (χ1v) is 3.57. The molecule has 0 amide bonds. The molecule has 0 aliphatic carbocycles. The zero-order chi connectivity index (χ0) is 7.40. The van der Waals surface area contributed by atoms with Gasteiger partial charge in [0.25, 0.3) is 0 Å². The Labute approximate surface area is 61.4 Å². The summed E-state index contributed by atoms with van der Waals surface area (Å²) in [7, 11) is 0. The molecule has 0 fully saturated rings. The van der Waals surface area contributed by atoms with E-state index in [2.05, 4.69) is 6.92 Å². The average Bonchev–Trinajstić information content (AvgIpc) is 2.36. The maximum absolute atomic E-state index is 5.21. The summed E-state index contributed by atoms with van der Waals surface area (Å²) >= 11 is 0. The zero-order valence-electron chi connectivity index (χ0n) is 6.42. The lowest BCUT2D eigenvalue weighted by Crippen LogP contribution is -1.76. The maximum atomic E-state index is 5.21. The van der Waals surface area contributed by atoms with Crippen molar-refractivity contribution >= 4 is 6.08 Å². The van der Waals surface area contributed by atoms with Crippen LogP contribution in [0.3, 0.4) is 0 Å². The van der Waals surface area contributed by atoms with E-state index in [-0.39, 0.29) is 0 Å². The monoisotopic (exact) mass is 136 g/mol. The van der Waals surface area contributed by atoms with Gasteiger partial charge in [-0.15, -0.1) is 0 Å². The normalized spacial score (nSPS) is 11.0. The van der Waals surface area contributed by atoms with Crippen LogP contribution in [0, 0.1) is 0 Å². The predicted molar refractivity (Wildman–Crippen MR) is 42.8 cm³/mol. The fourth-order valence-electron chi connectivity index (χ4n) is 0.937. The van der Waals surface area contributed by atoms with Crippen molar-refractivity contribution in [3.8, 4) is 0 Å². The van der Waals surface area contributed by atoms with Crippen LogP contribution in [0.1, 0.15) is 25.2 Å². The quantitative estimate of drug-likeness (QED) is 0.609. The van der Waals surface area contributed by atoms with Crippen molar-refractivity contribution in [2.75, 3.05) is 0 Å². The van der Waals surface area contributed by atoms with E-state index in [0.29, 0.717) is 0 Å². The first kappa shape index (κ1) is 7.13. The molecule has 10 heavy (non-hydrogen) atoms. The van der Waals surface area contributed by atoms with E-state index >= 15 is 0 Å². The summed E-state index contributed by atoms with van der Waals surface area (Å²) in [6.07, 6.45) is 6.74. The van der Waals surface area contributed by atoms with Crippen LogP contribution in [0.5, 0.6) is 0 Å². The molecule has 0 aromatic carbocycles. The average molecular weight is 136 g/mol. The highest BCUT2D eigenvalue weighted by Crippen LogP contribution is 2.12. The zero-order valence-corrected chi connectivity index (χ0v) is 6.42. The summed E-state index contributed by atoms with van der Waals surface area (Å²) in [6.45, 7) is 4.11. The highest BCUT2D eigenvalue weighted by atomic mass is 16.3. The van der Waals surface area contributed by atoms with Gasteiger partial charge in [-0.3, -0.25) is 0 Å². The summed E-state index contributed by atoms with van der Waals surface area (Å²) in [5, 5.41) is 0. The molecule has 0 aliphatic heterocycles. The van der Waals surface area contributed by atoms with Gasteiger partial charge >= 0.3 is 0 Å². The molecule has 0 spiro atoms. The molecule has 54 valence electrons. The minimum atomic E-state index is 0.991. The molecule has 0 radical (unpaired) electrons. The van der Waals surface area contributed by atoms with Gasteiger partial charge < -0.3 is 4.42 Å². The van der Waals surface area contributed by atoms with Crippen molar-refractivity contribution in [1.82, 2.24) is 0 Å². The van der Waals surface area contributed by atoms with Crippen molar-refractivity contribution in [1.29, 1.82) is 0 Å². The Hall–Kier alpha value is -0.980. The molecule has 1 aromatic rings. The van der Waals surface area contributed by atoms with Crippen LogP contribution in [-0.4, -0.2) is 0 Å². The maximum Gasteiger partial charge on any atom is 0.129 e. The molecule has 0 bridgehead atoms. The van der Waals surface area contributed by atoms with Crippen LogP contribution in [-0.2, 0) is 6.42 Å². The molecule has 0 N–H and O–H groups in total. The van der Waals surface area contributed by atoms with E-state index in [0.717, 1.165) is 12.2 Å². The van der Waals surface area contributed by atoms with E-state index in [9.17, 15) is 0 Å². The van der Waals surface area contributed by atoms with E-state index in [1.54, 1.807) is 6.26 Å². The Kier molecular flexibility index (Phi) is 2.32. The van der Waals surface area contributed by atoms with Crippen molar-refractivity contribution in [3.63, 3.8) is 0 Å². The van der Waals surface area contributed by atoms with Gasteiger partial charge in [0, 0.05) is 0 Å². The van der Waals surface area contributed by atoms with Crippen molar-refractivity contribution in [2.24, 2.45) is 0 Å². The summed E-state index contributed by atoms with van der Waals surface area (Å²) in [5.41, 5.74) is 1.28. The van der Waals surface area contributed by atoms with Gasteiger partial charge in [0.2, 0.25) is 0 Å². The summed E-state index contributed by atoms with van der Waals surface area (Å²) in [4.78, 5) is 0. The molecule has 1 aromatic heterocycles. The largest absolute Gasteiger partial charge is 0.465 e. The van der Waals surface area contributed by atoms with Crippen LogP contribution in [0.2, 0.25) is 0 Å². The second kappa shape index (κ2) is 3.25. The molecule has 0 saturated heterocycles. The topological polar surface area (TPSA) is 13.1 Å². The van der Waals surface area contributed by atoms with Crippen molar-refractivity contribution in [2.45, 2.75) is 20.3 Å². The number of hydrogen-bond acceptors (Lipinski definition) is 1. The first-order valence-electron chi connectivity index (χ1n) is 3.57. The number of hydrogen-bond donors (Lipinski definition) is 0. The van der Waals surface area contributed by atoms with Gasteiger partial charge in [-0.05, 0) is 31.1 Å². The van der Waals surface area contributed by atoms with E-state index in [1.165, 1.54) is 5.56 Å². The van der Waals surface area contributed by atoms with Gasteiger partial charge in [-0.1, -0.05) is 13.0 Å². The number of aryl methyl sites for hydroxylation is 1. The second-order valence-corrected chi connectivity index (χ2v) is 2.16. The smallest absolute Gasteiger partial charge is 0.129 e. The molecule has 1 rings (SSSR count). The lowest BCUT2D eigenvalue weighted by Gasteiger charge is -1.89. The Morgan fingerprint density at radius 2 is 2.40 bits per heavy atom. The van der Waals surface area contributed by atoms with Gasteiger partial charge in [0.05, 0.1) is 6.26 Å². The summed E-state index contributed by atoms with van der Waals surface area (Å²) in [6, 6.07) is 2.01. The first-order chi connectivity index (χ1) is 4.88. The second-order valence-electron chi connectivity index (χ2n) is 2.16. The molecular formula is C9H12O. The van der Waals surface area contributed by atoms with Gasteiger partial charge in [-0.25, -0.2) is 0 Å². The van der Waals surface area contributed by atoms with Crippen LogP contribution in [0.25, 0.3) is 6.08 Å². The van der Waals surface area contributed by atoms with Crippen LogP contribution in [0.4, 0.5) is 0 Å². The Morgan fingerprint density at radius 3 is 3.00 bits per heavy atom. The standard InChI is InChI=1S/C9H12O/c1-3-5-9-8(4-2)6-7-10-9/h3,5-7H,4H2,1-2H3/b5-3-. The highest BCUT2D eigenvalue weighted by Gasteiger charge is 1.97. The Balaban J connectivity index is 2.90. The van der Waals surface area contributed by atoms with Gasteiger partial charge in [0.15, 0.2) is 0 Å². The fraction of sp³-hybridized carbons (Fsp3) is 0.333. The van der Waals surface area contributed by atoms with Gasteiger partial charge in [0.1, 0.15) is 5.76 Å². The third-order valence-corrected chi connectivity index (χ3v) is 1.48. The van der Waals surface area contributed by atoms with E-state index < -0.39 is 0 Å². The highest BCUT2D eigenvalue weighted by molar-refractivity contribution is 5.46. The molecule has 1 heterocycles. The van der Waals surface area contributed by atoms with Crippen molar-refractivity contribution in [3.05, 3.63) is 29.7 Å². The lowest BCUT2D eigenvalue weighted by atomic mass is 10.2. The summed E-state index contributed by atoms with van der Waals surface area (Å²) < 4.78 is 5.21. The van der Waals surface area contributed by atoms with E-state index in [4.69, 9.17) is 4.42 Å². The molecule has 0 saturated carbocycles. The third-order valence-electron chi connectivity index (χ3n) is 1.48. The Bertz CT molecular complexity index is 220. The third kappa shape index (κ3) is 1.29. The number of furan rings is 1. The SMILES string of the molecule is C/C=C\c1occc1CC. The number of rotatable bonds is 2. The predicted octanol–water partition coefficient (Wildman–Crippen LogP) is 2.88. The van der Waals surface area contributed by atoms with Gasteiger partial charge in [-0.2, -0.15) is 0 Å². The number of allylic oxidation sites excluding steroid dienone is 1. The minimum Gasteiger partial charge on any atom is -0.465 e. The molecular weight excluding hydrogens is 124 g/mol. The summed E-state index contributed by atoms with van der Waals surface area (Å²) in [5.74, 6) is 0.991. The van der Waals surface area contributed by atoms with Crippen LogP contribution in [0.15, 0.2) is 22.8 Å². The molecule has 0 unspecified atom stereocenters. The molecule has 0 atom stereocenters. The molecule has 1 heteroatoms. The molecule has 0 aliphatic rings. The fourth-order valence-corrected chi connectivity index (χ4v) is 0.937. The van der Waals surface area contributed by atoms with Crippen molar-refractivity contribution < 1.29 is 4.42 Å². The Morgan fingerprint density at radius 1 is 1.60 bits per heavy atom.